The van der Waals surface area contributed by atoms with Crippen molar-refractivity contribution in [3.63, 3.8) is 0 Å². The zero-order valence-corrected chi connectivity index (χ0v) is 17.0. The van der Waals surface area contributed by atoms with E-state index in [1.165, 1.54) is 12.1 Å². The maximum absolute atomic E-state index is 13.2. The predicted octanol–water partition coefficient (Wildman–Crippen LogP) is 4.94. The molecule has 0 radical (unpaired) electrons. The Morgan fingerprint density at radius 2 is 1.50 bits per heavy atom. The molecule has 1 aliphatic rings. The van der Waals surface area contributed by atoms with Gasteiger partial charge in [-0.25, -0.2) is 3.63 Å². The molecule has 0 atom stereocenters. The fraction of sp³-hybridized carbons (Fsp3) is 0.227. The van der Waals surface area contributed by atoms with Crippen molar-refractivity contribution in [1.29, 1.82) is 0 Å². The molecule has 0 aromatic heterocycles. The van der Waals surface area contributed by atoms with Gasteiger partial charge in [0.2, 0.25) is 0 Å². The van der Waals surface area contributed by atoms with E-state index in [2.05, 4.69) is 0 Å². The summed E-state index contributed by atoms with van der Waals surface area (Å²) in [5, 5.41) is 1.90. The minimum atomic E-state index is -3.89. The van der Waals surface area contributed by atoms with Crippen LogP contribution in [-0.4, -0.2) is 31.5 Å². The number of rotatable bonds is 6. The second kappa shape index (κ2) is 7.70. The highest BCUT2D eigenvalue weighted by Crippen LogP contribution is 2.57. The number of carbonyl (C=O) groups excluding carboxylic acids is 1. The average molecular weight is 415 g/mol. The van der Waals surface area contributed by atoms with Gasteiger partial charge in [-0.1, -0.05) is 60.7 Å². The molecule has 0 saturated carbocycles. The normalized spacial score (nSPS) is 17.4. The minimum Gasteiger partial charge on any atom is -0.293 e. The quantitative estimate of drug-likeness (QED) is 0.536. The summed E-state index contributed by atoms with van der Waals surface area (Å²) in [5.41, 5.74) is 0.637. The van der Waals surface area contributed by atoms with Crippen molar-refractivity contribution in [2.24, 2.45) is 0 Å². The molecule has 4 nitrogen and oxygen atoms in total. The number of hydrogen-bond acceptors (Lipinski definition) is 4. The summed E-state index contributed by atoms with van der Waals surface area (Å²) >= 11 is 0. The lowest BCUT2D eigenvalue weighted by Crippen LogP contribution is -2.21. The first-order chi connectivity index (χ1) is 13.5. The first-order valence-corrected chi connectivity index (χ1v) is 12.8. The Balaban J connectivity index is 1.64. The number of benzene rings is 3. The van der Waals surface area contributed by atoms with E-state index in [0.717, 1.165) is 23.6 Å². The van der Waals surface area contributed by atoms with E-state index in [0.29, 0.717) is 17.1 Å². The molecule has 6 heteroatoms. The van der Waals surface area contributed by atoms with Gasteiger partial charge in [0.1, 0.15) is 0 Å². The predicted molar refractivity (Wildman–Crippen MR) is 114 cm³/mol. The third kappa shape index (κ3) is 3.85. The summed E-state index contributed by atoms with van der Waals surface area (Å²) in [4.78, 5) is 13.3. The van der Waals surface area contributed by atoms with Crippen molar-refractivity contribution in [2.45, 2.75) is 17.7 Å². The van der Waals surface area contributed by atoms with E-state index in [1.54, 1.807) is 18.2 Å². The first kappa shape index (κ1) is 19.2. The van der Waals surface area contributed by atoms with Gasteiger partial charge in [0, 0.05) is 17.1 Å². The zero-order chi connectivity index (χ0) is 19.6. The third-order valence-electron chi connectivity index (χ3n) is 5.03. The van der Waals surface area contributed by atoms with Crippen LogP contribution in [0, 0.1) is 0 Å². The van der Waals surface area contributed by atoms with Gasteiger partial charge in [-0.05, 0) is 35.7 Å². The molecule has 0 aliphatic carbocycles. The Labute approximate surface area is 167 Å². The molecule has 146 valence electrons. The van der Waals surface area contributed by atoms with Gasteiger partial charge in [-0.15, -0.1) is 10.3 Å². The molecule has 0 bridgehead atoms. The summed E-state index contributed by atoms with van der Waals surface area (Å²) in [6, 6.07) is 21.6. The van der Waals surface area contributed by atoms with Crippen molar-refractivity contribution in [2.75, 3.05) is 17.3 Å². The van der Waals surface area contributed by atoms with E-state index < -0.39 is 20.4 Å². The van der Waals surface area contributed by atoms with Gasteiger partial charge in [0.25, 0.3) is 0 Å². The molecule has 0 amide bonds. The molecule has 4 rings (SSSR count). The smallest absolute Gasteiger partial charge is 0.293 e. The standard InChI is InChI=1S/C22H22O4S2/c23-22(21-14-8-10-18-9-4-5-13-20(18)21)17-27(15-6-7-16-27)26-28(24,25)19-11-2-1-3-12-19/h1-5,8-14H,6-7,15-17H2. The summed E-state index contributed by atoms with van der Waals surface area (Å²) in [5.74, 6) is 1.40. The van der Waals surface area contributed by atoms with E-state index in [1.807, 2.05) is 42.5 Å². The van der Waals surface area contributed by atoms with Crippen LogP contribution >= 0.6 is 10.3 Å². The van der Waals surface area contributed by atoms with E-state index in [-0.39, 0.29) is 16.4 Å². The molecule has 0 N–H and O–H groups in total. The molecule has 1 aliphatic heterocycles. The Morgan fingerprint density at radius 3 is 2.25 bits per heavy atom. The summed E-state index contributed by atoms with van der Waals surface area (Å²) in [6.45, 7) is 0. The number of fused-ring (bicyclic) bond motifs is 1. The second-order valence-corrected chi connectivity index (χ2v) is 12.0. The fourth-order valence-electron chi connectivity index (χ4n) is 3.67. The van der Waals surface area contributed by atoms with Gasteiger partial charge in [-0.3, -0.25) is 4.79 Å². The Bertz CT molecular complexity index is 1100. The monoisotopic (exact) mass is 414 g/mol. The van der Waals surface area contributed by atoms with Crippen LogP contribution in [-0.2, 0) is 13.7 Å². The number of carbonyl (C=O) groups is 1. The van der Waals surface area contributed by atoms with Crippen molar-refractivity contribution < 1.29 is 16.8 Å². The highest BCUT2D eigenvalue weighted by Gasteiger charge is 2.37. The number of ketones is 1. The highest BCUT2D eigenvalue weighted by atomic mass is 32.3. The van der Waals surface area contributed by atoms with Crippen molar-refractivity contribution in [1.82, 2.24) is 0 Å². The van der Waals surface area contributed by atoms with Gasteiger partial charge in [0.15, 0.2) is 5.78 Å². The maximum Gasteiger partial charge on any atom is 0.306 e. The zero-order valence-electron chi connectivity index (χ0n) is 15.4. The average Bonchev–Trinajstić information content (AvgIpc) is 3.15. The molecule has 0 spiro atoms. The molecule has 3 aromatic carbocycles. The topological polar surface area (TPSA) is 60.4 Å². The first-order valence-electron chi connectivity index (χ1n) is 9.28. The molecular formula is C22H22O4S2. The molecule has 3 aromatic rings. The van der Waals surface area contributed by atoms with Gasteiger partial charge in [-0.2, -0.15) is 8.42 Å². The molecule has 1 fully saturated rings. The van der Waals surface area contributed by atoms with E-state index >= 15 is 0 Å². The van der Waals surface area contributed by atoms with Gasteiger partial charge < -0.3 is 0 Å². The van der Waals surface area contributed by atoms with Crippen LogP contribution in [0.15, 0.2) is 77.7 Å². The van der Waals surface area contributed by atoms with Crippen LogP contribution < -0.4 is 0 Å². The Hall–Kier alpha value is -2.15. The lowest BCUT2D eigenvalue weighted by Gasteiger charge is -2.33. The van der Waals surface area contributed by atoms with Gasteiger partial charge in [0.05, 0.1) is 10.6 Å². The van der Waals surface area contributed by atoms with Crippen LogP contribution in [0.5, 0.6) is 0 Å². The summed E-state index contributed by atoms with van der Waals surface area (Å²) in [7, 11) is -5.91. The number of Topliss-reactive ketones (excluding diaryl/α,β-unsaturated/α-hetero) is 1. The summed E-state index contributed by atoms with van der Waals surface area (Å²) < 4.78 is 31.4. The largest absolute Gasteiger partial charge is 0.306 e. The maximum atomic E-state index is 13.2. The molecule has 0 unspecified atom stereocenters. The van der Waals surface area contributed by atoms with E-state index in [4.69, 9.17) is 3.63 Å². The third-order valence-corrected chi connectivity index (χ3v) is 10.6. The lowest BCUT2D eigenvalue weighted by molar-refractivity contribution is 0.102. The van der Waals surface area contributed by atoms with Crippen molar-refractivity contribution >= 4 is 37.0 Å². The second-order valence-electron chi connectivity index (χ2n) is 7.01. The van der Waals surface area contributed by atoms with Crippen molar-refractivity contribution in [3.8, 4) is 0 Å². The van der Waals surface area contributed by atoms with Crippen LogP contribution in [0.25, 0.3) is 10.8 Å². The highest BCUT2D eigenvalue weighted by molar-refractivity contribution is 8.33. The van der Waals surface area contributed by atoms with E-state index in [9.17, 15) is 13.2 Å². The minimum absolute atomic E-state index is 0.0445. The lowest BCUT2D eigenvalue weighted by atomic mass is 10.0. The van der Waals surface area contributed by atoms with Crippen LogP contribution in [0.4, 0.5) is 0 Å². The van der Waals surface area contributed by atoms with Crippen molar-refractivity contribution in [3.05, 3.63) is 78.4 Å². The molecule has 1 saturated heterocycles. The number of hydrogen-bond donors (Lipinski definition) is 0. The SMILES string of the molecule is O=C(CS1(OS(=O)(=O)c2ccccc2)CCCC1)c1cccc2ccccc12. The Morgan fingerprint density at radius 1 is 0.857 bits per heavy atom. The van der Waals surface area contributed by atoms with Crippen LogP contribution in [0.2, 0.25) is 0 Å². The molecule has 28 heavy (non-hydrogen) atoms. The van der Waals surface area contributed by atoms with Crippen LogP contribution in [0.1, 0.15) is 23.2 Å². The Kier molecular flexibility index (Phi) is 5.27. The van der Waals surface area contributed by atoms with Gasteiger partial charge >= 0.3 is 10.1 Å². The summed E-state index contributed by atoms with van der Waals surface area (Å²) in [6.07, 6.45) is 1.78. The molecular weight excluding hydrogens is 392 g/mol. The fourth-order valence-corrected chi connectivity index (χ4v) is 9.32. The van der Waals surface area contributed by atoms with Crippen LogP contribution in [0.3, 0.4) is 0 Å². The molecule has 1 heterocycles.